The van der Waals surface area contributed by atoms with Crippen LogP contribution in [0, 0.1) is 11.7 Å². The molecule has 2 heterocycles. The normalized spacial score (nSPS) is 13.4. The number of esters is 1. The number of hydrogen-bond donors (Lipinski definition) is 0. The number of carbonyl (C=O) groups excluding carboxylic acids is 2. The number of halogens is 1. The van der Waals surface area contributed by atoms with Gasteiger partial charge in [0.15, 0.2) is 0 Å². The fourth-order valence-electron chi connectivity index (χ4n) is 3.75. The zero-order valence-electron chi connectivity index (χ0n) is 17.1. The van der Waals surface area contributed by atoms with Crippen LogP contribution in [0.15, 0.2) is 42.7 Å². The van der Waals surface area contributed by atoms with Crippen LogP contribution in [0.25, 0.3) is 16.8 Å². The SMILES string of the molecule is CCN(Cc1cc(F)ccc1-c1cc(CC(=O)OC)n2cccnc12)C(=O)C1CC1. The lowest BCUT2D eigenvalue weighted by atomic mass is 10.00. The number of rotatable bonds is 7. The van der Waals surface area contributed by atoms with Crippen molar-refractivity contribution in [2.24, 2.45) is 5.92 Å². The molecule has 0 unspecified atom stereocenters. The van der Waals surface area contributed by atoms with Gasteiger partial charge in [-0.15, -0.1) is 0 Å². The van der Waals surface area contributed by atoms with E-state index >= 15 is 0 Å². The highest BCUT2D eigenvalue weighted by atomic mass is 19.1. The number of hydrogen-bond acceptors (Lipinski definition) is 4. The minimum Gasteiger partial charge on any atom is -0.469 e. The first kappa shape index (κ1) is 20.1. The molecule has 1 aliphatic rings. The number of carbonyl (C=O) groups is 2. The molecule has 0 N–H and O–H groups in total. The summed E-state index contributed by atoms with van der Waals surface area (Å²) in [6, 6.07) is 8.27. The Morgan fingerprint density at radius 3 is 2.77 bits per heavy atom. The highest BCUT2D eigenvalue weighted by molar-refractivity contribution is 5.84. The van der Waals surface area contributed by atoms with Crippen molar-refractivity contribution in [3.05, 3.63) is 59.8 Å². The van der Waals surface area contributed by atoms with Crippen LogP contribution in [0.1, 0.15) is 31.0 Å². The second-order valence-corrected chi connectivity index (χ2v) is 7.54. The summed E-state index contributed by atoms with van der Waals surface area (Å²) >= 11 is 0. The van der Waals surface area contributed by atoms with E-state index in [2.05, 4.69) is 4.98 Å². The maximum atomic E-state index is 14.1. The van der Waals surface area contributed by atoms with Crippen molar-refractivity contribution in [2.45, 2.75) is 32.7 Å². The summed E-state index contributed by atoms with van der Waals surface area (Å²) in [5, 5.41) is 0. The topological polar surface area (TPSA) is 63.9 Å². The molecule has 0 radical (unpaired) electrons. The number of benzene rings is 1. The minimum atomic E-state index is -0.352. The van der Waals surface area contributed by atoms with Crippen LogP contribution >= 0.6 is 0 Å². The predicted octanol–water partition coefficient (Wildman–Crippen LogP) is 3.61. The molecule has 0 saturated heterocycles. The van der Waals surface area contributed by atoms with Crippen molar-refractivity contribution < 1.29 is 18.7 Å². The zero-order chi connectivity index (χ0) is 21.3. The molecule has 1 amide bonds. The van der Waals surface area contributed by atoms with Crippen molar-refractivity contribution in [3.63, 3.8) is 0 Å². The Morgan fingerprint density at radius 2 is 2.07 bits per heavy atom. The van der Waals surface area contributed by atoms with E-state index in [-0.39, 0.29) is 30.0 Å². The molecule has 0 spiro atoms. The third-order valence-corrected chi connectivity index (χ3v) is 5.50. The van der Waals surface area contributed by atoms with Gasteiger partial charge in [0.2, 0.25) is 5.91 Å². The molecule has 156 valence electrons. The molecule has 3 aromatic rings. The van der Waals surface area contributed by atoms with E-state index < -0.39 is 0 Å². The summed E-state index contributed by atoms with van der Waals surface area (Å²) in [5.74, 6) is -0.476. The van der Waals surface area contributed by atoms with E-state index in [1.165, 1.54) is 19.2 Å². The van der Waals surface area contributed by atoms with E-state index in [0.717, 1.165) is 29.7 Å². The molecule has 30 heavy (non-hydrogen) atoms. The van der Waals surface area contributed by atoms with E-state index in [0.29, 0.717) is 24.3 Å². The standard InChI is InChI=1S/C23H24FN3O3/c1-3-26(23(29)15-5-6-15)14-16-11-17(24)7-8-19(16)20-12-18(13-21(28)30-2)27-10-4-9-25-22(20)27/h4,7-12,15H,3,5-6,13-14H2,1-2H3. The van der Waals surface area contributed by atoms with Gasteiger partial charge < -0.3 is 14.0 Å². The molecular formula is C23H24FN3O3. The summed E-state index contributed by atoms with van der Waals surface area (Å²) in [7, 11) is 1.35. The van der Waals surface area contributed by atoms with Crippen molar-refractivity contribution in [1.82, 2.24) is 14.3 Å². The molecule has 1 aliphatic carbocycles. The zero-order valence-corrected chi connectivity index (χ0v) is 17.1. The lowest BCUT2D eigenvalue weighted by molar-refractivity contribution is -0.139. The number of methoxy groups -OCH3 is 1. The Balaban J connectivity index is 1.78. The summed E-state index contributed by atoms with van der Waals surface area (Å²) < 4.78 is 20.8. The molecule has 1 fully saturated rings. The second-order valence-electron chi connectivity index (χ2n) is 7.54. The Hall–Kier alpha value is -3.22. The Kier molecular flexibility index (Phi) is 5.53. The lowest BCUT2D eigenvalue weighted by Gasteiger charge is -2.22. The Labute approximate surface area is 174 Å². The van der Waals surface area contributed by atoms with E-state index in [9.17, 15) is 14.0 Å². The van der Waals surface area contributed by atoms with Gasteiger partial charge in [0.05, 0.1) is 13.5 Å². The van der Waals surface area contributed by atoms with Crippen LogP contribution in [0.4, 0.5) is 4.39 Å². The number of aromatic nitrogens is 2. The third kappa shape index (κ3) is 3.92. The lowest BCUT2D eigenvalue weighted by Crippen LogP contribution is -2.31. The fraction of sp³-hybridized carbons (Fsp3) is 0.348. The first-order valence-electron chi connectivity index (χ1n) is 10.1. The van der Waals surface area contributed by atoms with Crippen LogP contribution in [-0.4, -0.2) is 39.8 Å². The van der Waals surface area contributed by atoms with Gasteiger partial charge in [0, 0.05) is 42.7 Å². The third-order valence-electron chi connectivity index (χ3n) is 5.50. The Morgan fingerprint density at radius 1 is 1.27 bits per heavy atom. The number of ether oxygens (including phenoxy) is 1. The first-order valence-corrected chi connectivity index (χ1v) is 10.1. The maximum absolute atomic E-state index is 14.1. The van der Waals surface area contributed by atoms with Gasteiger partial charge in [-0.3, -0.25) is 9.59 Å². The fourth-order valence-corrected chi connectivity index (χ4v) is 3.75. The van der Waals surface area contributed by atoms with E-state index in [1.54, 1.807) is 23.2 Å². The van der Waals surface area contributed by atoms with Gasteiger partial charge in [0.1, 0.15) is 11.5 Å². The molecular weight excluding hydrogens is 385 g/mol. The van der Waals surface area contributed by atoms with E-state index in [4.69, 9.17) is 4.74 Å². The van der Waals surface area contributed by atoms with Crippen molar-refractivity contribution >= 4 is 17.5 Å². The van der Waals surface area contributed by atoms with Gasteiger partial charge >= 0.3 is 5.97 Å². The highest BCUT2D eigenvalue weighted by Crippen LogP contribution is 2.34. The largest absolute Gasteiger partial charge is 0.469 e. The van der Waals surface area contributed by atoms with E-state index in [1.807, 2.05) is 23.6 Å². The van der Waals surface area contributed by atoms with Crippen molar-refractivity contribution in [3.8, 4) is 11.1 Å². The molecule has 0 aliphatic heterocycles. The van der Waals surface area contributed by atoms with Crippen LogP contribution in [-0.2, 0) is 27.3 Å². The first-order chi connectivity index (χ1) is 14.5. The summed E-state index contributed by atoms with van der Waals surface area (Å²) in [4.78, 5) is 30.7. The highest BCUT2D eigenvalue weighted by Gasteiger charge is 2.33. The molecule has 6 nitrogen and oxygen atoms in total. The molecule has 1 saturated carbocycles. The summed E-state index contributed by atoms with van der Waals surface area (Å²) in [6.45, 7) is 2.83. The average Bonchev–Trinajstić information content (AvgIpc) is 3.55. The molecule has 2 aromatic heterocycles. The van der Waals surface area contributed by atoms with Crippen LogP contribution in [0.2, 0.25) is 0 Å². The van der Waals surface area contributed by atoms with Gasteiger partial charge in [-0.25, -0.2) is 9.37 Å². The maximum Gasteiger partial charge on any atom is 0.311 e. The summed E-state index contributed by atoms with van der Waals surface area (Å²) in [5.41, 5.74) is 3.70. The number of nitrogens with zero attached hydrogens (tertiary/aromatic N) is 3. The minimum absolute atomic E-state index is 0.0984. The van der Waals surface area contributed by atoms with Crippen LogP contribution < -0.4 is 0 Å². The molecule has 0 bridgehead atoms. The molecule has 1 aromatic carbocycles. The number of amides is 1. The quantitative estimate of drug-likeness (QED) is 0.559. The predicted molar refractivity (Wildman–Crippen MR) is 110 cm³/mol. The van der Waals surface area contributed by atoms with Crippen LogP contribution in [0.3, 0.4) is 0 Å². The molecule has 7 heteroatoms. The van der Waals surface area contributed by atoms with Gasteiger partial charge in [-0.05, 0) is 55.2 Å². The van der Waals surface area contributed by atoms with Crippen LogP contribution in [0.5, 0.6) is 0 Å². The van der Waals surface area contributed by atoms with Crippen molar-refractivity contribution in [2.75, 3.05) is 13.7 Å². The van der Waals surface area contributed by atoms with Gasteiger partial charge in [-0.2, -0.15) is 0 Å². The second kappa shape index (κ2) is 8.26. The van der Waals surface area contributed by atoms with Crippen molar-refractivity contribution in [1.29, 1.82) is 0 Å². The summed E-state index contributed by atoms with van der Waals surface area (Å²) in [6.07, 6.45) is 5.47. The molecule has 4 rings (SSSR count). The number of fused-ring (bicyclic) bond motifs is 1. The average molecular weight is 409 g/mol. The van der Waals surface area contributed by atoms with Gasteiger partial charge in [0.25, 0.3) is 0 Å². The van der Waals surface area contributed by atoms with Gasteiger partial charge in [-0.1, -0.05) is 6.07 Å². The monoisotopic (exact) mass is 409 g/mol. The molecule has 0 atom stereocenters. The smallest absolute Gasteiger partial charge is 0.311 e. The Bertz CT molecular complexity index is 1100.